The van der Waals surface area contributed by atoms with Crippen molar-refractivity contribution in [2.75, 3.05) is 18.4 Å². The molecule has 4 rings (SSSR count). The molecule has 1 aromatic carbocycles. The summed E-state index contributed by atoms with van der Waals surface area (Å²) >= 11 is 0. The number of nitrogens with zero attached hydrogens (tertiary/aromatic N) is 2. The second-order valence-electron chi connectivity index (χ2n) is 8.08. The molecule has 1 spiro atoms. The average molecular weight is 369 g/mol. The van der Waals surface area contributed by atoms with Gasteiger partial charge in [-0.25, -0.2) is 0 Å². The highest BCUT2D eigenvalue weighted by Crippen LogP contribution is 2.35. The predicted octanol–water partition coefficient (Wildman–Crippen LogP) is 3.34. The smallest absolute Gasteiger partial charge is 0.273 e. The number of piperidine rings is 1. The molecule has 2 aliphatic heterocycles. The summed E-state index contributed by atoms with van der Waals surface area (Å²) in [5.74, 6) is 0.544. The Bertz CT molecular complexity index is 727. The maximum atomic E-state index is 12.7. The molecule has 1 aromatic rings. The monoisotopic (exact) mass is 369 g/mol. The van der Waals surface area contributed by atoms with Crippen LogP contribution in [0.5, 0.6) is 0 Å². The van der Waals surface area contributed by atoms with Gasteiger partial charge in [0.25, 0.3) is 5.91 Å². The minimum Gasteiger partial charge on any atom is -0.386 e. The van der Waals surface area contributed by atoms with E-state index in [2.05, 4.69) is 10.5 Å². The summed E-state index contributed by atoms with van der Waals surface area (Å²) in [6, 6.07) is 9.33. The number of rotatable bonds is 4. The third-order valence-corrected chi connectivity index (χ3v) is 5.96. The van der Waals surface area contributed by atoms with Crippen LogP contribution in [0.1, 0.15) is 51.4 Å². The first-order valence-corrected chi connectivity index (χ1v) is 10.0. The van der Waals surface area contributed by atoms with Gasteiger partial charge in [0.2, 0.25) is 5.91 Å². The Labute approximate surface area is 159 Å². The predicted molar refractivity (Wildman–Crippen MR) is 103 cm³/mol. The molecular formula is C21H27N3O3. The van der Waals surface area contributed by atoms with Gasteiger partial charge in [-0.3, -0.25) is 9.59 Å². The van der Waals surface area contributed by atoms with Crippen LogP contribution in [0.15, 0.2) is 35.5 Å². The van der Waals surface area contributed by atoms with Crippen molar-refractivity contribution >= 4 is 23.2 Å². The van der Waals surface area contributed by atoms with E-state index in [0.717, 1.165) is 25.1 Å². The van der Waals surface area contributed by atoms with Gasteiger partial charge in [-0.2, -0.15) is 0 Å². The van der Waals surface area contributed by atoms with Crippen molar-refractivity contribution in [1.29, 1.82) is 0 Å². The molecule has 3 aliphatic rings. The Hall–Kier alpha value is -2.37. The van der Waals surface area contributed by atoms with Gasteiger partial charge < -0.3 is 15.1 Å². The van der Waals surface area contributed by atoms with Crippen LogP contribution in [0, 0.1) is 5.92 Å². The molecule has 1 saturated carbocycles. The average Bonchev–Trinajstić information content (AvgIpc) is 3.33. The van der Waals surface area contributed by atoms with Crippen molar-refractivity contribution in [2.24, 2.45) is 11.1 Å². The van der Waals surface area contributed by atoms with Crippen LogP contribution in [-0.2, 0) is 14.4 Å². The molecule has 2 fully saturated rings. The lowest BCUT2D eigenvalue weighted by molar-refractivity contribution is -0.141. The van der Waals surface area contributed by atoms with E-state index in [9.17, 15) is 9.59 Å². The summed E-state index contributed by atoms with van der Waals surface area (Å²) < 4.78 is 0. The number of likely N-dealkylation sites (tertiary alicyclic amines) is 1. The van der Waals surface area contributed by atoms with Crippen molar-refractivity contribution in [3.63, 3.8) is 0 Å². The van der Waals surface area contributed by atoms with Gasteiger partial charge in [0.1, 0.15) is 5.71 Å². The molecule has 144 valence electrons. The zero-order valence-electron chi connectivity index (χ0n) is 15.7. The minimum absolute atomic E-state index is 0.228. The number of anilines is 1. The van der Waals surface area contributed by atoms with Crippen LogP contribution >= 0.6 is 0 Å². The third kappa shape index (κ3) is 4.15. The molecule has 27 heavy (non-hydrogen) atoms. The summed E-state index contributed by atoms with van der Waals surface area (Å²) in [6.45, 7) is 1.31. The fraction of sp³-hybridized carbons (Fsp3) is 0.571. The van der Waals surface area contributed by atoms with Gasteiger partial charge in [-0.05, 0) is 43.7 Å². The van der Waals surface area contributed by atoms with E-state index in [4.69, 9.17) is 4.84 Å². The second kappa shape index (κ2) is 7.71. The SMILES string of the molecule is O=C(Nc1ccccc1)C1=NO[C@@]2(CCCN(C(=O)CC3CCCC3)C2)C1. The summed E-state index contributed by atoms with van der Waals surface area (Å²) in [5, 5.41) is 6.93. The van der Waals surface area contributed by atoms with Crippen LogP contribution in [-0.4, -0.2) is 41.1 Å². The van der Waals surface area contributed by atoms with Crippen LogP contribution in [0.2, 0.25) is 0 Å². The van der Waals surface area contributed by atoms with Gasteiger partial charge in [0, 0.05) is 25.1 Å². The summed E-state index contributed by atoms with van der Waals surface area (Å²) in [7, 11) is 0. The second-order valence-corrected chi connectivity index (χ2v) is 8.08. The molecule has 1 saturated heterocycles. The number of benzene rings is 1. The minimum atomic E-state index is -0.535. The lowest BCUT2D eigenvalue weighted by atomic mass is 9.87. The van der Waals surface area contributed by atoms with Crippen LogP contribution in [0.3, 0.4) is 0 Å². The first kappa shape index (κ1) is 18.0. The standard InChI is InChI=1S/C21H27N3O3/c25-19(13-16-7-4-5-8-16)24-12-6-11-21(15-24)14-18(23-27-21)20(26)22-17-9-2-1-3-10-17/h1-3,9-10,16H,4-8,11-15H2,(H,22,26)/t21-/m0/s1. The third-order valence-electron chi connectivity index (χ3n) is 5.96. The molecule has 0 aromatic heterocycles. The molecule has 2 amide bonds. The maximum Gasteiger partial charge on any atom is 0.273 e. The number of carbonyl (C=O) groups excluding carboxylic acids is 2. The highest BCUT2D eigenvalue weighted by atomic mass is 16.7. The molecule has 1 atom stereocenters. The van der Waals surface area contributed by atoms with Crippen LogP contribution < -0.4 is 5.32 Å². The topological polar surface area (TPSA) is 71.0 Å². The molecule has 0 unspecified atom stereocenters. The van der Waals surface area contributed by atoms with Gasteiger partial charge in [-0.1, -0.05) is 36.2 Å². The Morgan fingerprint density at radius 3 is 2.74 bits per heavy atom. The van der Waals surface area contributed by atoms with E-state index < -0.39 is 5.60 Å². The Morgan fingerprint density at radius 2 is 1.96 bits per heavy atom. The summed E-state index contributed by atoms with van der Waals surface area (Å²) in [5.41, 5.74) is 0.611. The molecule has 0 bridgehead atoms. The highest BCUT2D eigenvalue weighted by molar-refractivity contribution is 6.43. The fourth-order valence-corrected chi connectivity index (χ4v) is 4.49. The lowest BCUT2D eigenvalue weighted by Gasteiger charge is -2.38. The van der Waals surface area contributed by atoms with Crippen molar-refractivity contribution in [1.82, 2.24) is 4.90 Å². The summed E-state index contributed by atoms with van der Waals surface area (Å²) in [6.07, 6.45) is 7.67. The number of hydrogen-bond acceptors (Lipinski definition) is 4. The summed E-state index contributed by atoms with van der Waals surface area (Å²) in [4.78, 5) is 32.9. The van der Waals surface area contributed by atoms with E-state index in [1.54, 1.807) is 0 Å². The normalized spacial score (nSPS) is 25.3. The zero-order chi connectivity index (χ0) is 18.7. The van der Waals surface area contributed by atoms with Gasteiger partial charge in [-0.15, -0.1) is 0 Å². The van der Waals surface area contributed by atoms with E-state index in [-0.39, 0.29) is 11.8 Å². The van der Waals surface area contributed by atoms with Crippen molar-refractivity contribution < 1.29 is 14.4 Å². The maximum absolute atomic E-state index is 12.7. The Balaban J connectivity index is 1.34. The van der Waals surface area contributed by atoms with Gasteiger partial charge in [0.15, 0.2) is 5.60 Å². The lowest BCUT2D eigenvalue weighted by Crippen LogP contribution is -2.51. The van der Waals surface area contributed by atoms with E-state index >= 15 is 0 Å². The first-order valence-electron chi connectivity index (χ1n) is 10.0. The van der Waals surface area contributed by atoms with Crippen LogP contribution in [0.25, 0.3) is 0 Å². The molecule has 0 radical (unpaired) electrons. The molecule has 1 N–H and O–H groups in total. The number of amides is 2. The quantitative estimate of drug-likeness (QED) is 0.885. The van der Waals surface area contributed by atoms with Crippen molar-refractivity contribution in [3.05, 3.63) is 30.3 Å². The van der Waals surface area contributed by atoms with E-state index in [1.807, 2.05) is 35.2 Å². The highest BCUT2D eigenvalue weighted by Gasteiger charge is 2.45. The van der Waals surface area contributed by atoms with E-state index in [1.165, 1.54) is 25.7 Å². The molecule has 6 heteroatoms. The Kier molecular flexibility index (Phi) is 5.14. The van der Waals surface area contributed by atoms with Gasteiger partial charge in [0.05, 0.1) is 6.54 Å². The van der Waals surface area contributed by atoms with Crippen molar-refractivity contribution in [2.45, 2.75) is 57.0 Å². The first-order chi connectivity index (χ1) is 13.1. The molecule has 2 heterocycles. The largest absolute Gasteiger partial charge is 0.386 e. The molecule has 6 nitrogen and oxygen atoms in total. The van der Waals surface area contributed by atoms with Crippen LogP contribution in [0.4, 0.5) is 5.69 Å². The number of carbonyl (C=O) groups is 2. The fourth-order valence-electron chi connectivity index (χ4n) is 4.49. The van der Waals surface area contributed by atoms with Crippen molar-refractivity contribution in [3.8, 4) is 0 Å². The Morgan fingerprint density at radius 1 is 1.19 bits per heavy atom. The number of hydrogen-bond donors (Lipinski definition) is 1. The molecule has 1 aliphatic carbocycles. The van der Waals surface area contributed by atoms with E-state index in [0.29, 0.717) is 31.0 Å². The zero-order valence-corrected chi connectivity index (χ0v) is 15.7. The number of nitrogens with one attached hydrogen (secondary N) is 1. The number of oxime groups is 1. The number of para-hydroxylation sites is 1. The van der Waals surface area contributed by atoms with Gasteiger partial charge >= 0.3 is 0 Å². The molecular weight excluding hydrogens is 342 g/mol.